The largest absolute Gasteiger partial charge is 0.396 e. The summed E-state index contributed by atoms with van der Waals surface area (Å²) in [6.07, 6.45) is 8.08. The van der Waals surface area contributed by atoms with Gasteiger partial charge in [0.15, 0.2) is 0 Å². The lowest BCUT2D eigenvalue weighted by Gasteiger charge is -2.28. The molecule has 1 N–H and O–H groups in total. The molecular weight excluding hydrogens is 320 g/mol. The molecule has 2 aliphatic rings. The highest BCUT2D eigenvalue weighted by molar-refractivity contribution is 5.22. The predicted molar refractivity (Wildman–Crippen MR) is 94.4 cm³/mol. The van der Waals surface area contributed by atoms with E-state index >= 15 is 0 Å². The summed E-state index contributed by atoms with van der Waals surface area (Å²) in [4.78, 5) is 4.19. The van der Waals surface area contributed by atoms with Crippen LogP contribution < -0.4 is 0 Å². The molecule has 0 amide bonds. The molecule has 1 aromatic carbocycles. The quantitative estimate of drug-likeness (QED) is 0.830. The van der Waals surface area contributed by atoms with Crippen LogP contribution in [-0.2, 0) is 0 Å². The molecule has 2 aliphatic carbocycles. The molecule has 25 heavy (non-hydrogen) atoms. The third-order valence-electron chi connectivity index (χ3n) is 5.19. The summed E-state index contributed by atoms with van der Waals surface area (Å²) in [7, 11) is 0. The molecule has 0 bridgehead atoms. The van der Waals surface area contributed by atoms with Crippen molar-refractivity contribution >= 4 is 0 Å². The minimum Gasteiger partial charge on any atom is -0.396 e. The molecule has 0 unspecified atom stereocenters. The number of hydrogen-bond donors (Lipinski definition) is 1. The first kappa shape index (κ1) is 18.0. The molecule has 2 saturated carbocycles. The molecule has 2 fully saturated rings. The summed E-state index contributed by atoms with van der Waals surface area (Å²) in [5.41, 5.74) is 2.21. The predicted octanol–water partition coefficient (Wildman–Crippen LogP) is 5.19. The van der Waals surface area contributed by atoms with Crippen molar-refractivity contribution in [1.82, 2.24) is 4.98 Å². The van der Waals surface area contributed by atoms with Gasteiger partial charge in [-0.05, 0) is 80.2 Å². The fourth-order valence-corrected chi connectivity index (χ4v) is 3.39. The first-order valence-corrected chi connectivity index (χ1v) is 9.13. The number of halogens is 2. The molecule has 1 heterocycles. The van der Waals surface area contributed by atoms with Gasteiger partial charge in [0.05, 0.1) is 6.20 Å². The second-order valence-electron chi connectivity index (χ2n) is 7.13. The van der Waals surface area contributed by atoms with Crippen molar-refractivity contribution in [2.75, 3.05) is 6.61 Å². The highest BCUT2D eigenvalue weighted by Gasteiger charge is 2.24. The standard InChI is InChI=1S/C17H17F2N.C4H8O/c18-15-7-5-13(6-8-15)12-1-3-14(4-2-12)17-10-9-16(19)11-20-17;5-3-4-1-2-4/h5-12,14H,1-4H2;4-5H,1-3H2. The van der Waals surface area contributed by atoms with Gasteiger partial charge in [-0.3, -0.25) is 4.98 Å². The number of hydrogen-bond acceptors (Lipinski definition) is 2. The molecular formula is C21H25F2NO. The number of aromatic nitrogens is 1. The van der Waals surface area contributed by atoms with Crippen molar-refractivity contribution in [3.63, 3.8) is 0 Å². The van der Waals surface area contributed by atoms with Crippen LogP contribution in [0.25, 0.3) is 0 Å². The average molecular weight is 345 g/mol. The lowest BCUT2D eigenvalue weighted by Crippen LogP contribution is -2.13. The molecule has 4 rings (SSSR count). The second-order valence-corrected chi connectivity index (χ2v) is 7.13. The Morgan fingerprint density at radius 1 is 0.800 bits per heavy atom. The number of aliphatic hydroxyl groups is 1. The first-order chi connectivity index (χ1) is 12.2. The Kier molecular flexibility index (Phi) is 6.14. The van der Waals surface area contributed by atoms with Crippen molar-refractivity contribution in [2.24, 2.45) is 5.92 Å². The number of aliphatic hydroxyl groups excluding tert-OH is 1. The first-order valence-electron chi connectivity index (χ1n) is 9.13. The van der Waals surface area contributed by atoms with E-state index in [9.17, 15) is 8.78 Å². The number of rotatable bonds is 3. The van der Waals surface area contributed by atoms with Crippen LogP contribution in [0, 0.1) is 17.6 Å². The normalized spacial score (nSPS) is 22.8. The zero-order chi connectivity index (χ0) is 17.6. The van der Waals surface area contributed by atoms with Gasteiger partial charge in [0.25, 0.3) is 0 Å². The van der Waals surface area contributed by atoms with Gasteiger partial charge in [0.2, 0.25) is 0 Å². The van der Waals surface area contributed by atoms with Crippen LogP contribution in [0.3, 0.4) is 0 Å². The van der Waals surface area contributed by atoms with Crippen LogP contribution in [0.2, 0.25) is 0 Å². The molecule has 0 atom stereocenters. The zero-order valence-corrected chi connectivity index (χ0v) is 14.4. The van der Waals surface area contributed by atoms with Crippen LogP contribution in [0.15, 0.2) is 42.6 Å². The van der Waals surface area contributed by atoms with Gasteiger partial charge in [0.1, 0.15) is 11.6 Å². The molecule has 0 saturated heterocycles. The Morgan fingerprint density at radius 2 is 1.40 bits per heavy atom. The Morgan fingerprint density at radius 3 is 1.88 bits per heavy atom. The minimum atomic E-state index is -0.284. The van der Waals surface area contributed by atoms with Gasteiger partial charge < -0.3 is 5.11 Å². The lowest BCUT2D eigenvalue weighted by atomic mass is 9.77. The number of pyridine rings is 1. The number of nitrogens with zero attached hydrogens (tertiary/aromatic N) is 1. The Labute approximate surface area is 147 Å². The van der Waals surface area contributed by atoms with Gasteiger partial charge in [-0.2, -0.15) is 0 Å². The number of benzene rings is 1. The topological polar surface area (TPSA) is 33.1 Å². The summed E-state index contributed by atoms with van der Waals surface area (Å²) in [6.45, 7) is 0.417. The summed E-state index contributed by atoms with van der Waals surface area (Å²) in [5.74, 6) is 1.15. The SMILES string of the molecule is Fc1ccc(C2CCC(c3ccc(F)cn3)CC2)cc1.OCC1CC1. The summed E-state index contributed by atoms with van der Waals surface area (Å²) < 4.78 is 25.8. The van der Waals surface area contributed by atoms with Crippen LogP contribution >= 0.6 is 0 Å². The maximum absolute atomic E-state index is 12.9. The fraction of sp³-hybridized carbons (Fsp3) is 0.476. The molecule has 0 spiro atoms. The van der Waals surface area contributed by atoms with Crippen molar-refractivity contribution in [3.05, 3.63) is 65.5 Å². The summed E-state index contributed by atoms with van der Waals surface area (Å²) in [5, 5.41) is 8.21. The highest BCUT2D eigenvalue weighted by atomic mass is 19.1. The molecule has 1 aromatic heterocycles. The Bertz CT molecular complexity index is 591. The van der Waals surface area contributed by atoms with Gasteiger partial charge in [-0.25, -0.2) is 8.78 Å². The van der Waals surface area contributed by atoms with Gasteiger partial charge >= 0.3 is 0 Å². The smallest absolute Gasteiger partial charge is 0.141 e. The van der Waals surface area contributed by atoms with Crippen molar-refractivity contribution in [2.45, 2.75) is 50.4 Å². The summed E-state index contributed by atoms with van der Waals surface area (Å²) in [6, 6.07) is 10.1. The van der Waals surface area contributed by atoms with E-state index in [4.69, 9.17) is 5.11 Å². The van der Waals surface area contributed by atoms with Gasteiger partial charge in [0, 0.05) is 18.2 Å². The monoisotopic (exact) mass is 345 g/mol. The van der Waals surface area contributed by atoms with Crippen LogP contribution in [0.5, 0.6) is 0 Å². The molecule has 134 valence electrons. The van der Waals surface area contributed by atoms with Crippen LogP contribution in [0.4, 0.5) is 8.78 Å². The third kappa shape index (κ3) is 5.33. The molecule has 0 aliphatic heterocycles. The van der Waals surface area contributed by atoms with Crippen LogP contribution in [-0.4, -0.2) is 16.7 Å². The second kappa shape index (κ2) is 8.52. The van der Waals surface area contributed by atoms with Gasteiger partial charge in [-0.1, -0.05) is 12.1 Å². The van der Waals surface area contributed by atoms with E-state index in [1.165, 1.54) is 42.8 Å². The van der Waals surface area contributed by atoms with E-state index in [-0.39, 0.29) is 11.6 Å². The maximum atomic E-state index is 12.9. The van der Waals surface area contributed by atoms with E-state index in [1.54, 1.807) is 6.07 Å². The zero-order valence-electron chi connectivity index (χ0n) is 14.4. The minimum absolute atomic E-state index is 0.182. The van der Waals surface area contributed by atoms with E-state index in [0.717, 1.165) is 31.4 Å². The average Bonchev–Trinajstić information content (AvgIpc) is 3.48. The molecule has 0 radical (unpaired) electrons. The van der Waals surface area contributed by atoms with Crippen molar-refractivity contribution in [1.29, 1.82) is 0 Å². The van der Waals surface area contributed by atoms with Crippen LogP contribution in [0.1, 0.15) is 61.6 Å². The van der Waals surface area contributed by atoms with Crippen molar-refractivity contribution < 1.29 is 13.9 Å². The van der Waals surface area contributed by atoms with E-state index in [2.05, 4.69) is 4.98 Å². The van der Waals surface area contributed by atoms with E-state index in [0.29, 0.717) is 24.4 Å². The fourth-order valence-electron chi connectivity index (χ4n) is 3.39. The highest BCUT2D eigenvalue weighted by Crippen LogP contribution is 2.39. The summed E-state index contributed by atoms with van der Waals surface area (Å²) >= 11 is 0. The van der Waals surface area contributed by atoms with Crippen molar-refractivity contribution in [3.8, 4) is 0 Å². The molecule has 2 nitrogen and oxygen atoms in total. The Hall–Kier alpha value is -1.81. The maximum Gasteiger partial charge on any atom is 0.141 e. The lowest BCUT2D eigenvalue weighted by molar-refractivity contribution is 0.277. The van der Waals surface area contributed by atoms with Gasteiger partial charge in [-0.15, -0.1) is 0 Å². The molecule has 4 heteroatoms. The molecule has 2 aromatic rings. The third-order valence-corrected chi connectivity index (χ3v) is 5.19. The Balaban J connectivity index is 0.000000314. The van der Waals surface area contributed by atoms with E-state index in [1.807, 2.05) is 12.1 Å². The van der Waals surface area contributed by atoms with E-state index < -0.39 is 0 Å².